The van der Waals surface area contributed by atoms with Crippen LogP contribution in [0.4, 0.5) is 5.69 Å². The number of nitrogens with two attached hydrogens (primary N) is 1. The minimum absolute atomic E-state index is 0.172. The molecule has 2 heterocycles. The molecule has 0 fully saturated rings. The average molecular weight is 309 g/mol. The van der Waals surface area contributed by atoms with Crippen LogP contribution in [0.25, 0.3) is 22.2 Å². The zero-order valence-electron chi connectivity index (χ0n) is 13.0. The van der Waals surface area contributed by atoms with Crippen LogP contribution in [0.2, 0.25) is 0 Å². The summed E-state index contributed by atoms with van der Waals surface area (Å²) in [4.78, 5) is 17.1. The number of aromatic hydroxyl groups is 1. The Morgan fingerprint density at radius 2 is 1.96 bits per heavy atom. The molecule has 0 saturated heterocycles. The van der Waals surface area contributed by atoms with E-state index in [1.54, 1.807) is 35.0 Å². The summed E-state index contributed by atoms with van der Waals surface area (Å²) in [5.74, 6) is 0.172. The first-order valence-electron chi connectivity index (χ1n) is 7.70. The molecule has 0 spiro atoms. The van der Waals surface area contributed by atoms with E-state index in [1.807, 2.05) is 12.1 Å². The number of nitrogen functional groups attached to an aromatic ring is 1. The summed E-state index contributed by atoms with van der Waals surface area (Å²) in [6.07, 6.45) is 3.56. The lowest BCUT2D eigenvalue weighted by molar-refractivity contribution is 0.475. The average Bonchev–Trinajstić information content (AvgIpc) is 2.57. The van der Waals surface area contributed by atoms with Crippen molar-refractivity contribution in [1.29, 1.82) is 0 Å². The highest BCUT2D eigenvalue weighted by Gasteiger charge is 2.16. The highest BCUT2D eigenvalue weighted by atomic mass is 16.3. The summed E-state index contributed by atoms with van der Waals surface area (Å²) in [7, 11) is 0. The van der Waals surface area contributed by atoms with Crippen LogP contribution in [0.3, 0.4) is 0 Å². The van der Waals surface area contributed by atoms with Crippen LogP contribution in [-0.4, -0.2) is 14.7 Å². The number of aromatic nitrogens is 2. The van der Waals surface area contributed by atoms with Gasteiger partial charge in [0.15, 0.2) is 0 Å². The number of anilines is 1. The largest absolute Gasteiger partial charge is 0.508 e. The quantitative estimate of drug-likeness (QED) is 0.775. The third kappa shape index (κ3) is 2.65. The molecule has 3 aromatic rings. The number of unbranched alkanes of at least 4 members (excludes halogenated alkanes) is 1. The van der Waals surface area contributed by atoms with Gasteiger partial charge < -0.3 is 10.8 Å². The van der Waals surface area contributed by atoms with Gasteiger partial charge in [0, 0.05) is 23.7 Å². The molecule has 5 heteroatoms. The highest BCUT2D eigenvalue weighted by molar-refractivity contribution is 5.98. The maximum atomic E-state index is 12.7. The Bertz CT molecular complexity index is 899. The molecule has 0 atom stereocenters. The number of hydrogen-bond donors (Lipinski definition) is 2. The van der Waals surface area contributed by atoms with Crippen LogP contribution in [0, 0.1) is 0 Å². The van der Waals surface area contributed by atoms with E-state index in [4.69, 9.17) is 5.73 Å². The van der Waals surface area contributed by atoms with Gasteiger partial charge in [0.1, 0.15) is 17.1 Å². The summed E-state index contributed by atoms with van der Waals surface area (Å²) in [6, 6.07) is 10.4. The van der Waals surface area contributed by atoms with E-state index in [2.05, 4.69) is 11.9 Å². The molecule has 0 aliphatic rings. The third-order valence-electron chi connectivity index (χ3n) is 3.95. The zero-order valence-corrected chi connectivity index (χ0v) is 13.0. The van der Waals surface area contributed by atoms with Crippen molar-refractivity contribution >= 4 is 16.7 Å². The van der Waals surface area contributed by atoms with Gasteiger partial charge in [-0.25, -0.2) is 4.98 Å². The Labute approximate surface area is 134 Å². The van der Waals surface area contributed by atoms with Crippen molar-refractivity contribution in [2.24, 2.45) is 0 Å². The van der Waals surface area contributed by atoms with Gasteiger partial charge >= 0.3 is 0 Å². The molecule has 0 radical (unpaired) electrons. The van der Waals surface area contributed by atoms with Gasteiger partial charge in [-0.05, 0) is 36.2 Å². The molecule has 0 saturated carbocycles. The van der Waals surface area contributed by atoms with Crippen LogP contribution in [-0.2, 0) is 6.54 Å². The van der Waals surface area contributed by atoms with Gasteiger partial charge in [-0.15, -0.1) is 0 Å². The molecule has 118 valence electrons. The second-order valence-electron chi connectivity index (χ2n) is 5.52. The number of rotatable bonds is 4. The number of phenols is 1. The Hall–Kier alpha value is -2.82. The van der Waals surface area contributed by atoms with E-state index in [1.165, 1.54) is 0 Å². The first kappa shape index (κ1) is 15.1. The summed E-state index contributed by atoms with van der Waals surface area (Å²) in [5, 5.41) is 10.3. The van der Waals surface area contributed by atoms with E-state index in [-0.39, 0.29) is 17.0 Å². The second kappa shape index (κ2) is 6.12. The number of phenolic OH excluding ortho intramolecular Hbond substituents is 1. The van der Waals surface area contributed by atoms with Crippen molar-refractivity contribution in [1.82, 2.24) is 9.55 Å². The minimum atomic E-state index is -0.215. The van der Waals surface area contributed by atoms with Gasteiger partial charge in [0.2, 0.25) is 0 Å². The molecule has 3 rings (SSSR count). The third-order valence-corrected chi connectivity index (χ3v) is 3.95. The maximum absolute atomic E-state index is 12.7. The van der Waals surface area contributed by atoms with E-state index >= 15 is 0 Å². The lowest BCUT2D eigenvalue weighted by Crippen LogP contribution is -2.25. The number of benzene rings is 1. The number of nitrogens with zero attached hydrogens (tertiary/aromatic N) is 2. The number of pyridine rings is 2. The van der Waals surface area contributed by atoms with Gasteiger partial charge in [0.05, 0.1) is 0 Å². The van der Waals surface area contributed by atoms with Gasteiger partial charge in [-0.3, -0.25) is 9.36 Å². The number of aryl methyl sites for hydroxylation is 1. The van der Waals surface area contributed by atoms with Crippen LogP contribution in [0.1, 0.15) is 19.8 Å². The van der Waals surface area contributed by atoms with Crippen molar-refractivity contribution in [3.05, 3.63) is 52.9 Å². The van der Waals surface area contributed by atoms with E-state index < -0.39 is 0 Å². The van der Waals surface area contributed by atoms with Crippen molar-refractivity contribution in [2.45, 2.75) is 26.3 Å². The van der Waals surface area contributed by atoms with Crippen molar-refractivity contribution in [3.8, 4) is 16.9 Å². The molecule has 2 aromatic heterocycles. The predicted octanol–water partition coefficient (Wildman–Crippen LogP) is 3.15. The molecule has 0 aliphatic carbocycles. The molecule has 5 nitrogen and oxygen atoms in total. The fourth-order valence-electron chi connectivity index (χ4n) is 2.76. The number of hydrogen-bond acceptors (Lipinski definition) is 4. The van der Waals surface area contributed by atoms with Gasteiger partial charge in [0.25, 0.3) is 5.56 Å². The Morgan fingerprint density at radius 1 is 1.22 bits per heavy atom. The monoisotopic (exact) mass is 309 g/mol. The number of fused-ring (bicyclic) bond motifs is 1. The van der Waals surface area contributed by atoms with Crippen LogP contribution in [0.15, 0.2) is 47.4 Å². The molecule has 23 heavy (non-hydrogen) atoms. The molecule has 0 amide bonds. The zero-order chi connectivity index (χ0) is 16.4. The Morgan fingerprint density at radius 3 is 2.65 bits per heavy atom. The summed E-state index contributed by atoms with van der Waals surface area (Å²) in [6.45, 7) is 2.68. The molecule has 0 aliphatic heterocycles. The summed E-state index contributed by atoms with van der Waals surface area (Å²) >= 11 is 0. The van der Waals surface area contributed by atoms with Gasteiger partial charge in [-0.1, -0.05) is 25.5 Å². The van der Waals surface area contributed by atoms with Crippen LogP contribution >= 0.6 is 0 Å². The fraction of sp³-hybridized carbons (Fsp3) is 0.222. The maximum Gasteiger partial charge on any atom is 0.275 e. The first-order chi connectivity index (χ1) is 11.1. The fourth-order valence-corrected chi connectivity index (χ4v) is 2.76. The topological polar surface area (TPSA) is 81.1 Å². The highest BCUT2D eigenvalue weighted by Crippen LogP contribution is 2.32. The van der Waals surface area contributed by atoms with Crippen LogP contribution < -0.4 is 11.3 Å². The molecule has 0 unspecified atom stereocenters. The molecular weight excluding hydrogens is 290 g/mol. The predicted molar refractivity (Wildman–Crippen MR) is 92.4 cm³/mol. The Kier molecular flexibility index (Phi) is 4.02. The lowest BCUT2D eigenvalue weighted by atomic mass is 10.0. The smallest absolute Gasteiger partial charge is 0.275 e. The molecular formula is C18H19N3O2. The van der Waals surface area contributed by atoms with Crippen molar-refractivity contribution < 1.29 is 5.11 Å². The molecule has 1 aromatic carbocycles. The SMILES string of the molecule is CCCCn1c(=O)c(N)c(-c2ccc(O)cc2)c2cccnc21. The summed E-state index contributed by atoms with van der Waals surface area (Å²) < 4.78 is 1.65. The lowest BCUT2D eigenvalue weighted by Gasteiger charge is -2.15. The minimum Gasteiger partial charge on any atom is -0.508 e. The first-order valence-corrected chi connectivity index (χ1v) is 7.70. The van der Waals surface area contributed by atoms with E-state index in [9.17, 15) is 9.90 Å². The van der Waals surface area contributed by atoms with Crippen LogP contribution in [0.5, 0.6) is 5.75 Å². The standard InChI is InChI=1S/C18H19N3O2/c1-2-3-11-21-17-14(5-4-10-20-17)15(16(19)18(21)23)12-6-8-13(22)9-7-12/h4-10,22H,2-3,11,19H2,1H3. The molecule has 3 N–H and O–H groups in total. The molecule has 0 bridgehead atoms. The normalized spacial score (nSPS) is 11.0. The van der Waals surface area contributed by atoms with Crippen molar-refractivity contribution in [3.63, 3.8) is 0 Å². The van der Waals surface area contributed by atoms with Crippen molar-refractivity contribution in [2.75, 3.05) is 5.73 Å². The van der Waals surface area contributed by atoms with Gasteiger partial charge in [-0.2, -0.15) is 0 Å². The second-order valence-corrected chi connectivity index (χ2v) is 5.52. The van der Waals surface area contributed by atoms with E-state index in [0.717, 1.165) is 23.8 Å². The van der Waals surface area contributed by atoms with E-state index in [0.29, 0.717) is 17.8 Å². The Balaban J connectivity index is 2.33. The summed E-state index contributed by atoms with van der Waals surface area (Å²) in [5.41, 5.74) is 8.27.